The largest absolute Gasteiger partial charge is 0.450 e. The lowest BCUT2D eigenvalue weighted by Crippen LogP contribution is -2.22. The first-order chi connectivity index (χ1) is 13.3. The molecular weight excluding hydrogens is 364 g/mol. The SMILES string of the molecule is Cc1ccc([N+](=O)[O-])c(NC(=O)COC(=O)c2oc3ccccc3c2C)c1C. The highest BCUT2D eigenvalue weighted by Gasteiger charge is 2.22. The summed E-state index contributed by atoms with van der Waals surface area (Å²) in [6.45, 7) is 4.57. The van der Waals surface area contributed by atoms with E-state index in [0.29, 0.717) is 16.7 Å². The molecule has 0 aliphatic heterocycles. The molecule has 144 valence electrons. The maximum absolute atomic E-state index is 12.3. The van der Waals surface area contributed by atoms with Crippen LogP contribution in [0.15, 0.2) is 40.8 Å². The third-order valence-corrected chi connectivity index (χ3v) is 4.54. The Morgan fingerprint density at radius 2 is 1.82 bits per heavy atom. The molecule has 0 saturated carbocycles. The number of nitro benzene ring substituents is 1. The van der Waals surface area contributed by atoms with Gasteiger partial charge >= 0.3 is 5.97 Å². The van der Waals surface area contributed by atoms with E-state index >= 15 is 0 Å². The van der Waals surface area contributed by atoms with Gasteiger partial charge in [-0.05, 0) is 38.0 Å². The molecule has 1 N–H and O–H groups in total. The predicted molar refractivity (Wildman–Crippen MR) is 102 cm³/mol. The fourth-order valence-electron chi connectivity index (χ4n) is 2.85. The number of fused-ring (bicyclic) bond motifs is 1. The number of nitrogens with one attached hydrogen (secondary N) is 1. The number of rotatable bonds is 5. The molecule has 0 radical (unpaired) electrons. The van der Waals surface area contributed by atoms with Crippen LogP contribution < -0.4 is 5.32 Å². The van der Waals surface area contributed by atoms with E-state index in [1.807, 2.05) is 12.1 Å². The minimum atomic E-state index is -0.778. The van der Waals surface area contributed by atoms with Crippen molar-refractivity contribution >= 4 is 34.2 Å². The minimum absolute atomic E-state index is 0.0201. The van der Waals surface area contributed by atoms with E-state index < -0.39 is 23.4 Å². The van der Waals surface area contributed by atoms with Gasteiger partial charge in [-0.3, -0.25) is 14.9 Å². The molecule has 28 heavy (non-hydrogen) atoms. The van der Waals surface area contributed by atoms with Crippen molar-refractivity contribution in [2.24, 2.45) is 0 Å². The van der Waals surface area contributed by atoms with E-state index in [0.717, 1.165) is 10.9 Å². The molecule has 0 aliphatic rings. The van der Waals surface area contributed by atoms with E-state index in [2.05, 4.69) is 5.32 Å². The van der Waals surface area contributed by atoms with E-state index in [4.69, 9.17) is 9.15 Å². The lowest BCUT2D eigenvalue weighted by molar-refractivity contribution is -0.384. The zero-order chi connectivity index (χ0) is 20.4. The molecule has 0 spiro atoms. The van der Waals surface area contributed by atoms with Crippen molar-refractivity contribution < 1.29 is 23.7 Å². The van der Waals surface area contributed by atoms with E-state index in [-0.39, 0.29) is 17.1 Å². The van der Waals surface area contributed by atoms with Gasteiger partial charge in [-0.25, -0.2) is 4.79 Å². The van der Waals surface area contributed by atoms with Crippen LogP contribution in [0.2, 0.25) is 0 Å². The van der Waals surface area contributed by atoms with Crippen LogP contribution in [0, 0.1) is 30.9 Å². The number of amides is 1. The first-order valence-electron chi connectivity index (χ1n) is 8.49. The number of aryl methyl sites for hydroxylation is 2. The number of carbonyl (C=O) groups excluding carboxylic acids is 2. The molecule has 1 amide bonds. The summed E-state index contributed by atoms with van der Waals surface area (Å²) in [6, 6.07) is 10.1. The van der Waals surface area contributed by atoms with E-state index in [9.17, 15) is 19.7 Å². The van der Waals surface area contributed by atoms with Gasteiger partial charge in [0.25, 0.3) is 11.6 Å². The van der Waals surface area contributed by atoms with Crippen molar-refractivity contribution in [1.29, 1.82) is 0 Å². The summed E-state index contributed by atoms with van der Waals surface area (Å²) in [6.07, 6.45) is 0. The molecule has 3 rings (SSSR count). The monoisotopic (exact) mass is 382 g/mol. The summed E-state index contributed by atoms with van der Waals surface area (Å²) >= 11 is 0. The summed E-state index contributed by atoms with van der Waals surface area (Å²) in [7, 11) is 0. The fourth-order valence-corrected chi connectivity index (χ4v) is 2.85. The van der Waals surface area contributed by atoms with Crippen molar-refractivity contribution in [3.63, 3.8) is 0 Å². The van der Waals surface area contributed by atoms with Crippen molar-refractivity contribution in [3.05, 3.63) is 69.0 Å². The number of ether oxygens (including phenoxy) is 1. The van der Waals surface area contributed by atoms with Crippen LogP contribution in [0.4, 0.5) is 11.4 Å². The number of benzene rings is 2. The molecular formula is C20H18N2O6. The molecule has 0 aliphatic carbocycles. The molecule has 0 atom stereocenters. The molecule has 1 aromatic heterocycles. The Labute approximate surface area is 160 Å². The summed E-state index contributed by atoms with van der Waals surface area (Å²) in [4.78, 5) is 35.1. The van der Waals surface area contributed by atoms with Crippen molar-refractivity contribution in [2.75, 3.05) is 11.9 Å². The molecule has 0 bridgehead atoms. The molecule has 8 heteroatoms. The average Bonchev–Trinajstić information content (AvgIpc) is 3.00. The van der Waals surface area contributed by atoms with Crippen LogP contribution in [-0.4, -0.2) is 23.4 Å². The van der Waals surface area contributed by atoms with Gasteiger partial charge in [0, 0.05) is 17.0 Å². The highest BCUT2D eigenvalue weighted by atomic mass is 16.6. The van der Waals surface area contributed by atoms with Gasteiger partial charge in [-0.15, -0.1) is 0 Å². The Balaban J connectivity index is 1.72. The Bertz CT molecular complexity index is 1100. The quantitative estimate of drug-likeness (QED) is 0.404. The van der Waals surface area contributed by atoms with Gasteiger partial charge in [-0.1, -0.05) is 24.3 Å². The number of para-hydroxylation sites is 1. The maximum Gasteiger partial charge on any atom is 0.375 e. The molecule has 0 unspecified atom stereocenters. The Kier molecular flexibility index (Phi) is 5.12. The number of furan rings is 1. The molecule has 3 aromatic rings. The number of anilines is 1. The highest BCUT2D eigenvalue weighted by Crippen LogP contribution is 2.30. The Morgan fingerprint density at radius 3 is 2.50 bits per heavy atom. The Hall–Kier alpha value is -3.68. The number of nitrogens with zero attached hydrogens (tertiary/aromatic N) is 1. The second-order valence-corrected chi connectivity index (χ2v) is 6.34. The van der Waals surface area contributed by atoms with Crippen LogP contribution in [0.5, 0.6) is 0 Å². The second-order valence-electron chi connectivity index (χ2n) is 6.34. The van der Waals surface area contributed by atoms with Crippen LogP contribution in [0.1, 0.15) is 27.2 Å². The smallest absolute Gasteiger partial charge is 0.375 e. The highest BCUT2D eigenvalue weighted by molar-refractivity contribution is 5.99. The van der Waals surface area contributed by atoms with Gasteiger partial charge in [0.2, 0.25) is 5.76 Å². The molecule has 0 fully saturated rings. The third kappa shape index (κ3) is 3.57. The van der Waals surface area contributed by atoms with Gasteiger partial charge in [0.1, 0.15) is 11.3 Å². The number of hydrogen-bond acceptors (Lipinski definition) is 6. The van der Waals surface area contributed by atoms with Crippen molar-refractivity contribution in [3.8, 4) is 0 Å². The van der Waals surface area contributed by atoms with Crippen LogP contribution in [-0.2, 0) is 9.53 Å². The standard InChI is InChI=1S/C20H18N2O6/c1-11-8-9-15(22(25)26)18(12(11)2)21-17(23)10-27-20(24)19-13(3)14-6-4-5-7-16(14)28-19/h4-9H,10H2,1-3H3,(H,21,23). The number of hydrogen-bond donors (Lipinski definition) is 1. The summed E-state index contributed by atoms with van der Waals surface area (Å²) in [5.41, 5.74) is 2.38. The molecule has 8 nitrogen and oxygen atoms in total. The normalized spacial score (nSPS) is 10.7. The predicted octanol–water partition coefficient (Wildman–Crippen LogP) is 4.06. The summed E-state index contributed by atoms with van der Waals surface area (Å²) < 4.78 is 10.5. The fraction of sp³-hybridized carbons (Fsp3) is 0.200. The second kappa shape index (κ2) is 7.51. The van der Waals surface area contributed by atoms with Gasteiger partial charge in [0.05, 0.1) is 4.92 Å². The number of esters is 1. The van der Waals surface area contributed by atoms with Gasteiger partial charge in [0.15, 0.2) is 6.61 Å². The minimum Gasteiger partial charge on any atom is -0.450 e. The lowest BCUT2D eigenvalue weighted by Gasteiger charge is -2.11. The summed E-state index contributed by atoms with van der Waals surface area (Å²) in [5.74, 6) is -1.44. The van der Waals surface area contributed by atoms with E-state index in [1.165, 1.54) is 6.07 Å². The van der Waals surface area contributed by atoms with Gasteiger partial charge in [-0.2, -0.15) is 0 Å². The summed E-state index contributed by atoms with van der Waals surface area (Å²) in [5, 5.41) is 14.4. The average molecular weight is 382 g/mol. The molecule has 1 heterocycles. The number of carbonyl (C=O) groups is 2. The van der Waals surface area contributed by atoms with E-state index in [1.54, 1.807) is 39.0 Å². The lowest BCUT2D eigenvalue weighted by atomic mass is 10.1. The van der Waals surface area contributed by atoms with Crippen molar-refractivity contribution in [1.82, 2.24) is 0 Å². The zero-order valence-electron chi connectivity index (χ0n) is 15.6. The molecule has 0 saturated heterocycles. The Morgan fingerprint density at radius 1 is 1.11 bits per heavy atom. The van der Waals surface area contributed by atoms with Crippen LogP contribution >= 0.6 is 0 Å². The maximum atomic E-state index is 12.3. The van der Waals surface area contributed by atoms with Crippen LogP contribution in [0.25, 0.3) is 11.0 Å². The first-order valence-corrected chi connectivity index (χ1v) is 8.49. The van der Waals surface area contributed by atoms with Crippen LogP contribution in [0.3, 0.4) is 0 Å². The third-order valence-electron chi connectivity index (χ3n) is 4.54. The zero-order valence-corrected chi connectivity index (χ0v) is 15.6. The topological polar surface area (TPSA) is 112 Å². The van der Waals surface area contributed by atoms with Gasteiger partial charge < -0.3 is 14.5 Å². The molecule has 2 aromatic carbocycles. The van der Waals surface area contributed by atoms with Crippen molar-refractivity contribution in [2.45, 2.75) is 20.8 Å². The number of nitro groups is 1. The first kappa shape index (κ1) is 19.1.